The van der Waals surface area contributed by atoms with Crippen LogP contribution in [0.2, 0.25) is 0 Å². The van der Waals surface area contributed by atoms with Gasteiger partial charge in [0.15, 0.2) is 5.58 Å². The summed E-state index contributed by atoms with van der Waals surface area (Å²) in [6.07, 6.45) is 1.99. The van der Waals surface area contributed by atoms with E-state index in [1.807, 2.05) is 36.5 Å². The van der Waals surface area contributed by atoms with Gasteiger partial charge < -0.3 is 4.42 Å². The molecule has 0 aliphatic rings. The fourth-order valence-electron chi connectivity index (χ4n) is 4.98. The molecule has 3 nitrogen and oxygen atoms in total. The zero-order valence-corrected chi connectivity index (χ0v) is 20.4. The Morgan fingerprint density at radius 2 is 1.68 bits per heavy atom. The van der Waals surface area contributed by atoms with E-state index in [1.54, 1.807) is 0 Å². The summed E-state index contributed by atoms with van der Waals surface area (Å²) < 4.78 is 30.6. The van der Waals surface area contributed by atoms with Gasteiger partial charge in [-0.25, -0.2) is 4.98 Å². The first-order chi connectivity index (χ1) is 17.6. The van der Waals surface area contributed by atoms with Gasteiger partial charge in [0.1, 0.15) is 11.1 Å². The first-order valence-electron chi connectivity index (χ1n) is 13.0. The van der Waals surface area contributed by atoms with Gasteiger partial charge in [0.05, 0.1) is 15.4 Å². The summed E-state index contributed by atoms with van der Waals surface area (Å²) >= 11 is 1.19. The molecule has 3 heterocycles. The second kappa shape index (κ2) is 7.78. The van der Waals surface area contributed by atoms with Gasteiger partial charge in [0.25, 0.3) is 0 Å². The zero-order valence-electron chi connectivity index (χ0n) is 22.6. The third-order valence-corrected chi connectivity index (χ3v) is 7.44. The van der Waals surface area contributed by atoms with Gasteiger partial charge in [0.2, 0.25) is 0 Å². The van der Waals surface area contributed by atoms with E-state index in [1.165, 1.54) is 39.2 Å². The third-order valence-electron chi connectivity index (χ3n) is 6.61. The van der Waals surface area contributed by atoms with Gasteiger partial charge in [0, 0.05) is 26.6 Å². The average molecular weight is 466 g/mol. The number of nitrogens with zero attached hydrogens (tertiary/aromatic N) is 2. The van der Waals surface area contributed by atoms with Gasteiger partial charge >= 0.3 is 0 Å². The van der Waals surface area contributed by atoms with Crippen LogP contribution in [0.1, 0.15) is 45.6 Å². The lowest BCUT2D eigenvalue weighted by Crippen LogP contribution is -1.99. The standard InChI is InChI=1S/C30H26N2OS/c1-16(2)24-15-31-25(14-23(24)27-17(3)8-6-9-18(27)4)22-11-7-10-20-21-12-13-26-28(32-19(5)34-26)30(21)33-29(20)22/h6-16H,1-5H3/i5D3. The number of hydrogen-bond acceptors (Lipinski definition) is 4. The topological polar surface area (TPSA) is 38.9 Å². The molecule has 6 aromatic rings. The maximum absolute atomic E-state index is 7.78. The van der Waals surface area contributed by atoms with Crippen molar-refractivity contribution in [2.24, 2.45) is 0 Å². The number of aryl methyl sites for hydroxylation is 3. The predicted molar refractivity (Wildman–Crippen MR) is 144 cm³/mol. The van der Waals surface area contributed by atoms with Crippen LogP contribution in [0.4, 0.5) is 0 Å². The minimum absolute atomic E-state index is 0.125. The highest BCUT2D eigenvalue weighted by molar-refractivity contribution is 7.18. The lowest BCUT2D eigenvalue weighted by Gasteiger charge is -2.18. The molecule has 0 spiro atoms. The highest BCUT2D eigenvalue weighted by Gasteiger charge is 2.19. The molecule has 3 aromatic heterocycles. The normalized spacial score (nSPS) is 13.6. The second-order valence-electron chi connectivity index (χ2n) is 9.17. The van der Waals surface area contributed by atoms with E-state index in [4.69, 9.17) is 13.5 Å². The van der Waals surface area contributed by atoms with Crippen LogP contribution in [0.15, 0.2) is 65.2 Å². The van der Waals surface area contributed by atoms with E-state index in [0.717, 1.165) is 32.3 Å². The van der Waals surface area contributed by atoms with Crippen molar-refractivity contribution in [3.63, 3.8) is 0 Å². The summed E-state index contributed by atoms with van der Waals surface area (Å²) in [7, 11) is 0. The lowest BCUT2D eigenvalue weighted by molar-refractivity contribution is 0.672. The van der Waals surface area contributed by atoms with Crippen molar-refractivity contribution in [1.29, 1.82) is 0 Å². The Morgan fingerprint density at radius 3 is 2.44 bits per heavy atom. The molecule has 0 amide bonds. The maximum Gasteiger partial charge on any atom is 0.162 e. The molecule has 0 aliphatic carbocycles. The number of para-hydroxylation sites is 1. The largest absolute Gasteiger partial charge is 0.453 e. The van der Waals surface area contributed by atoms with Gasteiger partial charge in [-0.2, -0.15) is 0 Å². The summed E-state index contributed by atoms with van der Waals surface area (Å²) in [5.74, 6) is 0.322. The predicted octanol–water partition coefficient (Wildman–Crippen LogP) is 8.97. The number of aromatic nitrogens is 2. The van der Waals surface area contributed by atoms with Crippen molar-refractivity contribution >= 4 is 43.5 Å². The summed E-state index contributed by atoms with van der Waals surface area (Å²) in [6.45, 7) is 6.44. The van der Waals surface area contributed by atoms with Crippen molar-refractivity contribution < 1.29 is 8.53 Å². The van der Waals surface area contributed by atoms with Crippen LogP contribution >= 0.6 is 11.3 Å². The number of furan rings is 1. The quantitative estimate of drug-likeness (QED) is 0.262. The van der Waals surface area contributed by atoms with E-state index in [2.05, 4.69) is 56.9 Å². The van der Waals surface area contributed by atoms with E-state index >= 15 is 0 Å². The number of hydrogen-bond donors (Lipinski definition) is 0. The SMILES string of the molecule is [2H]C([2H])([2H])c1nc2c(ccc3c4cccc(-c5cc(-c6c(C)cccc6C)c(C(C)C)cn5)c4oc32)s1. The van der Waals surface area contributed by atoms with Crippen LogP contribution in [-0.2, 0) is 0 Å². The van der Waals surface area contributed by atoms with E-state index in [9.17, 15) is 0 Å². The van der Waals surface area contributed by atoms with E-state index < -0.39 is 6.85 Å². The average Bonchev–Trinajstić information content (AvgIpc) is 3.45. The van der Waals surface area contributed by atoms with Gasteiger partial charge in [-0.1, -0.05) is 44.2 Å². The first-order valence-corrected chi connectivity index (χ1v) is 12.3. The molecular weight excluding hydrogens is 436 g/mol. The van der Waals surface area contributed by atoms with Crippen LogP contribution in [-0.4, -0.2) is 9.97 Å². The summed E-state index contributed by atoms with van der Waals surface area (Å²) in [5, 5.41) is 2.00. The van der Waals surface area contributed by atoms with Crippen LogP contribution in [0.3, 0.4) is 0 Å². The Morgan fingerprint density at radius 1 is 0.912 bits per heavy atom. The van der Waals surface area contributed by atoms with Crippen molar-refractivity contribution in [1.82, 2.24) is 9.97 Å². The van der Waals surface area contributed by atoms with Crippen molar-refractivity contribution in [2.75, 3.05) is 0 Å². The highest BCUT2D eigenvalue weighted by atomic mass is 32.1. The highest BCUT2D eigenvalue weighted by Crippen LogP contribution is 2.41. The minimum atomic E-state index is -2.25. The van der Waals surface area contributed by atoms with Crippen LogP contribution in [0.5, 0.6) is 0 Å². The fraction of sp³-hybridized carbons (Fsp3) is 0.200. The molecule has 0 fully saturated rings. The Balaban J connectivity index is 1.61. The molecule has 0 radical (unpaired) electrons. The van der Waals surface area contributed by atoms with Gasteiger partial charge in [-0.15, -0.1) is 11.3 Å². The first kappa shape index (κ1) is 17.9. The Hall–Kier alpha value is -3.50. The molecule has 0 aliphatic heterocycles. The van der Waals surface area contributed by atoms with Crippen molar-refractivity contribution in [3.05, 3.63) is 82.5 Å². The molecule has 0 atom stereocenters. The molecule has 3 aromatic carbocycles. The zero-order chi connectivity index (χ0) is 26.1. The molecular formula is C30H26N2OS. The van der Waals surface area contributed by atoms with Crippen LogP contribution in [0.25, 0.3) is 54.5 Å². The number of fused-ring (bicyclic) bond motifs is 5. The van der Waals surface area contributed by atoms with Crippen molar-refractivity contribution in [2.45, 2.75) is 40.5 Å². The monoisotopic (exact) mass is 465 g/mol. The van der Waals surface area contributed by atoms with Gasteiger partial charge in [-0.3, -0.25) is 4.98 Å². The fourth-order valence-corrected chi connectivity index (χ4v) is 5.69. The van der Waals surface area contributed by atoms with Crippen LogP contribution in [0, 0.1) is 20.7 Å². The number of thiazole rings is 1. The van der Waals surface area contributed by atoms with E-state index in [-0.39, 0.29) is 5.01 Å². The summed E-state index contributed by atoms with van der Waals surface area (Å²) in [5.41, 5.74) is 9.77. The van der Waals surface area contributed by atoms with Crippen molar-refractivity contribution in [3.8, 4) is 22.4 Å². The molecule has 168 valence electrons. The second-order valence-corrected chi connectivity index (χ2v) is 10.2. The molecule has 4 heteroatoms. The van der Waals surface area contributed by atoms with E-state index in [0.29, 0.717) is 17.0 Å². The Bertz CT molecular complexity index is 1810. The van der Waals surface area contributed by atoms with Crippen LogP contribution < -0.4 is 0 Å². The minimum Gasteiger partial charge on any atom is -0.453 e. The maximum atomic E-state index is 7.78. The smallest absolute Gasteiger partial charge is 0.162 e. The lowest BCUT2D eigenvalue weighted by atomic mass is 9.88. The number of pyridine rings is 1. The molecule has 0 saturated carbocycles. The number of benzene rings is 3. The summed E-state index contributed by atoms with van der Waals surface area (Å²) in [6, 6.07) is 18.6. The molecule has 0 bridgehead atoms. The summed E-state index contributed by atoms with van der Waals surface area (Å²) in [4.78, 5) is 9.35. The number of rotatable bonds is 3. The molecule has 0 saturated heterocycles. The molecule has 34 heavy (non-hydrogen) atoms. The Labute approximate surface area is 207 Å². The van der Waals surface area contributed by atoms with Gasteiger partial charge in [-0.05, 0) is 78.7 Å². The third kappa shape index (κ3) is 3.17. The molecule has 6 rings (SSSR count). The Kier molecular flexibility index (Phi) is 4.10. The molecule has 0 unspecified atom stereocenters. The molecule has 0 N–H and O–H groups in total.